The van der Waals surface area contributed by atoms with Gasteiger partial charge in [-0.25, -0.2) is 0 Å². The maximum absolute atomic E-state index is 3.73. The van der Waals surface area contributed by atoms with Crippen molar-refractivity contribution >= 4 is 9.24 Å². The Morgan fingerprint density at radius 1 is 1.57 bits per heavy atom. The van der Waals surface area contributed by atoms with Crippen LogP contribution in [0.2, 0.25) is 0 Å². The summed E-state index contributed by atoms with van der Waals surface area (Å²) in [7, 11) is 3.73. The molecule has 0 aromatic carbocycles. The van der Waals surface area contributed by atoms with Gasteiger partial charge in [0.05, 0.1) is 9.24 Å². The first-order valence-corrected chi connectivity index (χ1v) is 2.98. The van der Waals surface area contributed by atoms with Gasteiger partial charge in [0, 0.05) is 6.42 Å². The Hall–Kier alpha value is -0.0100. The van der Waals surface area contributed by atoms with Crippen LogP contribution < -0.4 is 0 Å². The number of hydrogen-bond donors (Lipinski definition) is 0. The van der Waals surface area contributed by atoms with Crippen LogP contribution in [0.25, 0.3) is 0 Å². The van der Waals surface area contributed by atoms with Gasteiger partial charge in [0.15, 0.2) is 0 Å². The van der Waals surface area contributed by atoms with Gasteiger partial charge in [-0.05, 0) is 6.42 Å². The second kappa shape index (κ2) is 5.99. The molecule has 2 radical (unpaired) electrons. The molecule has 0 amide bonds. The molecule has 0 spiro atoms. The van der Waals surface area contributed by atoms with Gasteiger partial charge in [0.2, 0.25) is 0 Å². The summed E-state index contributed by atoms with van der Waals surface area (Å²) in [6.07, 6.45) is 3.43. The third-order valence-corrected chi connectivity index (χ3v) is 0.893. The van der Waals surface area contributed by atoms with Crippen LogP contribution in [0.1, 0.15) is 26.2 Å². The molecule has 0 atom stereocenters. The van der Waals surface area contributed by atoms with E-state index in [2.05, 4.69) is 27.7 Å². The molecule has 0 aliphatic rings. The summed E-state index contributed by atoms with van der Waals surface area (Å²) in [5.41, 5.74) is 2.55. The van der Waals surface area contributed by atoms with Crippen molar-refractivity contribution in [2.75, 3.05) is 0 Å². The molecular weight excluding hydrogens is 103 g/mol. The summed E-state index contributed by atoms with van der Waals surface area (Å²) in [6, 6.07) is 0. The van der Waals surface area contributed by atoms with Gasteiger partial charge in [0.1, 0.15) is 0 Å². The minimum Gasteiger partial charge on any atom is -0.0979 e. The maximum atomic E-state index is 3.73. The van der Waals surface area contributed by atoms with Gasteiger partial charge < -0.3 is 0 Å². The highest BCUT2D eigenvalue weighted by Crippen LogP contribution is 1.90. The molecule has 0 aliphatic carbocycles. The molecule has 0 fully saturated rings. The average Bonchev–Trinajstić information content (AvgIpc) is 1.69. The Bertz CT molecular complexity index is 75.9. The van der Waals surface area contributed by atoms with Gasteiger partial charge in [0.25, 0.3) is 0 Å². The zero-order chi connectivity index (χ0) is 5.54. The number of rotatable bonds is 2. The van der Waals surface area contributed by atoms with E-state index < -0.39 is 0 Å². The fourth-order valence-electron chi connectivity index (χ4n) is 0.321. The van der Waals surface area contributed by atoms with Crippen LogP contribution in [0.5, 0.6) is 0 Å². The van der Waals surface area contributed by atoms with Crippen molar-refractivity contribution in [2.24, 2.45) is 0 Å². The van der Waals surface area contributed by atoms with Crippen molar-refractivity contribution in [3.63, 3.8) is 0 Å². The van der Waals surface area contributed by atoms with E-state index in [1.165, 1.54) is 12.8 Å². The average molecular weight is 112 g/mol. The predicted octanol–water partition coefficient (Wildman–Crippen LogP) is 2.55. The summed E-state index contributed by atoms with van der Waals surface area (Å²) in [5, 5.41) is 0. The minimum atomic E-state index is 1.00. The van der Waals surface area contributed by atoms with Crippen LogP contribution in [0, 0.1) is 11.6 Å². The Labute approximate surface area is 47.9 Å². The van der Waals surface area contributed by atoms with E-state index in [1.807, 2.05) is 0 Å². The van der Waals surface area contributed by atoms with Crippen molar-refractivity contribution in [3.8, 4) is 11.6 Å². The molecule has 0 nitrogen and oxygen atoms in total. The van der Waals surface area contributed by atoms with E-state index in [4.69, 9.17) is 0 Å². The maximum Gasteiger partial charge on any atom is 0.0586 e. The molecule has 0 saturated heterocycles. The molecule has 0 N–H and O–H groups in total. The summed E-state index contributed by atoms with van der Waals surface area (Å²) in [6.45, 7) is 2.15. The molecule has 0 unspecified atom stereocenters. The number of hydrogen-bond acceptors (Lipinski definition) is 0. The summed E-state index contributed by atoms with van der Waals surface area (Å²) < 4.78 is 0. The fraction of sp³-hybridized carbons (Fsp3) is 0.667. The molecular formula is C6H9P. The highest BCUT2D eigenvalue weighted by Gasteiger charge is 1.72. The van der Waals surface area contributed by atoms with Crippen LogP contribution in [-0.4, -0.2) is 0 Å². The molecule has 0 aliphatic heterocycles. The third-order valence-electron chi connectivity index (χ3n) is 0.734. The summed E-state index contributed by atoms with van der Waals surface area (Å²) in [5.74, 6) is 2.86. The van der Waals surface area contributed by atoms with Crippen molar-refractivity contribution in [3.05, 3.63) is 0 Å². The van der Waals surface area contributed by atoms with Crippen LogP contribution >= 0.6 is 9.24 Å². The smallest absolute Gasteiger partial charge is 0.0586 e. The topological polar surface area (TPSA) is 0 Å². The van der Waals surface area contributed by atoms with E-state index in [1.54, 1.807) is 0 Å². The van der Waals surface area contributed by atoms with Crippen LogP contribution in [0.3, 0.4) is 0 Å². The highest BCUT2D eigenvalue weighted by atomic mass is 31.0. The van der Waals surface area contributed by atoms with Crippen molar-refractivity contribution < 1.29 is 0 Å². The summed E-state index contributed by atoms with van der Waals surface area (Å²) in [4.78, 5) is 0. The highest BCUT2D eigenvalue weighted by molar-refractivity contribution is 7.23. The molecule has 0 rings (SSSR count). The zero-order valence-corrected chi connectivity index (χ0v) is 5.46. The standard InChI is InChI=1S/C6H9P/c1-2-3-4-5-6-7/h2-4H2,1H3. The largest absolute Gasteiger partial charge is 0.0979 e. The molecule has 0 heterocycles. The molecule has 0 saturated carbocycles. The lowest BCUT2D eigenvalue weighted by Gasteiger charge is -1.80. The van der Waals surface area contributed by atoms with Crippen LogP contribution in [0.4, 0.5) is 0 Å². The fourth-order valence-corrected chi connectivity index (χ4v) is 0.433. The summed E-state index contributed by atoms with van der Waals surface area (Å²) >= 11 is 0. The Kier molecular flexibility index (Phi) is 5.98. The lowest BCUT2D eigenvalue weighted by atomic mass is 10.3. The third kappa shape index (κ3) is 5.99. The van der Waals surface area contributed by atoms with Gasteiger partial charge in [-0.15, -0.1) is 0 Å². The number of unbranched alkanes of at least 4 members (excludes halogenated alkanes) is 2. The quantitative estimate of drug-likeness (QED) is 0.292. The molecule has 0 aromatic heterocycles. The lowest BCUT2D eigenvalue weighted by Crippen LogP contribution is -1.63. The molecule has 0 aromatic rings. The van der Waals surface area contributed by atoms with Crippen LogP contribution in [0.15, 0.2) is 0 Å². The normalized spacial score (nSPS) is 7.14. The zero-order valence-electron chi connectivity index (χ0n) is 4.57. The van der Waals surface area contributed by atoms with Crippen molar-refractivity contribution in [1.82, 2.24) is 0 Å². The molecule has 1 heteroatoms. The van der Waals surface area contributed by atoms with E-state index >= 15 is 0 Å². The Morgan fingerprint density at radius 3 is 2.71 bits per heavy atom. The second-order valence-corrected chi connectivity index (χ2v) is 1.62. The molecule has 7 heavy (non-hydrogen) atoms. The van der Waals surface area contributed by atoms with Crippen molar-refractivity contribution in [1.29, 1.82) is 0 Å². The van der Waals surface area contributed by atoms with Gasteiger partial charge in [-0.2, -0.15) is 0 Å². The van der Waals surface area contributed by atoms with Crippen molar-refractivity contribution in [2.45, 2.75) is 26.2 Å². The Balaban J connectivity index is 2.78. The molecule has 0 bridgehead atoms. The van der Waals surface area contributed by atoms with Crippen LogP contribution in [-0.2, 0) is 0 Å². The van der Waals surface area contributed by atoms with E-state index in [0.29, 0.717) is 0 Å². The minimum absolute atomic E-state index is 1.00. The first-order valence-electron chi connectivity index (χ1n) is 2.53. The monoisotopic (exact) mass is 112 g/mol. The lowest BCUT2D eigenvalue weighted by molar-refractivity contribution is 0.828. The SMILES string of the molecule is CCCCC#C[P]. The second-order valence-electron chi connectivity index (χ2n) is 1.39. The van der Waals surface area contributed by atoms with E-state index in [9.17, 15) is 0 Å². The first-order chi connectivity index (χ1) is 3.41. The predicted molar refractivity (Wildman–Crippen MR) is 34.2 cm³/mol. The van der Waals surface area contributed by atoms with Gasteiger partial charge in [-0.1, -0.05) is 24.9 Å². The molecule has 38 valence electrons. The first kappa shape index (κ1) is 6.99. The van der Waals surface area contributed by atoms with Gasteiger partial charge in [-0.3, -0.25) is 0 Å². The van der Waals surface area contributed by atoms with Gasteiger partial charge >= 0.3 is 0 Å². The Morgan fingerprint density at radius 2 is 2.29 bits per heavy atom. The van der Waals surface area contributed by atoms with E-state index in [0.717, 1.165) is 6.42 Å². The van der Waals surface area contributed by atoms with E-state index in [-0.39, 0.29) is 0 Å².